The number of benzene rings is 1. The highest BCUT2D eigenvalue weighted by Crippen LogP contribution is 2.40. The summed E-state index contributed by atoms with van der Waals surface area (Å²) in [6.45, 7) is 7.51. The van der Waals surface area contributed by atoms with Crippen LogP contribution in [-0.4, -0.2) is 24.3 Å². The fourth-order valence-electron chi connectivity index (χ4n) is 2.03. The fourth-order valence-corrected chi connectivity index (χ4v) is 2.44. The van der Waals surface area contributed by atoms with E-state index in [0.717, 1.165) is 5.56 Å². The molecule has 4 nitrogen and oxygen atoms in total. The molecule has 1 N–H and O–H groups in total. The van der Waals surface area contributed by atoms with Crippen molar-refractivity contribution in [3.8, 4) is 11.5 Å². The Balaban J connectivity index is 3.29. The second kappa shape index (κ2) is 6.35. The summed E-state index contributed by atoms with van der Waals surface area (Å²) >= 11 is 6.26. The number of carboxylic acid groups (broad SMARTS) is 1. The minimum atomic E-state index is -0.867. The van der Waals surface area contributed by atoms with Crippen LogP contribution < -0.4 is 9.47 Å². The molecule has 0 aliphatic carbocycles. The molecule has 0 bridgehead atoms. The third-order valence-corrected chi connectivity index (χ3v) is 3.25. The van der Waals surface area contributed by atoms with Crippen molar-refractivity contribution in [2.75, 3.05) is 7.11 Å². The van der Waals surface area contributed by atoms with Gasteiger partial charge in [0.25, 0.3) is 0 Å². The molecule has 0 aliphatic rings. The van der Waals surface area contributed by atoms with E-state index in [4.69, 9.17) is 26.2 Å². The van der Waals surface area contributed by atoms with Gasteiger partial charge >= 0.3 is 5.97 Å². The normalized spacial score (nSPS) is 11.6. The van der Waals surface area contributed by atoms with Gasteiger partial charge in [-0.2, -0.15) is 0 Å². The van der Waals surface area contributed by atoms with Gasteiger partial charge in [-0.25, -0.2) is 0 Å². The Morgan fingerprint density at radius 1 is 1.35 bits per heavy atom. The molecule has 0 saturated carbocycles. The van der Waals surface area contributed by atoms with E-state index < -0.39 is 11.4 Å². The van der Waals surface area contributed by atoms with E-state index in [1.807, 2.05) is 27.7 Å². The lowest BCUT2D eigenvalue weighted by Gasteiger charge is -2.26. The predicted octanol–water partition coefficient (Wildman–Crippen LogP) is 3.89. The first-order chi connectivity index (χ1) is 9.17. The SMILES string of the molecule is COc1cc(Cl)c(C(C)(C)CC(=O)O)cc1OC(C)C. The molecule has 0 fully saturated rings. The monoisotopic (exact) mass is 300 g/mol. The Bertz CT molecular complexity index is 495. The van der Waals surface area contributed by atoms with E-state index in [-0.39, 0.29) is 12.5 Å². The summed E-state index contributed by atoms with van der Waals surface area (Å²) in [5.41, 5.74) is 0.141. The highest BCUT2D eigenvalue weighted by molar-refractivity contribution is 6.31. The first kappa shape index (κ1) is 16.6. The quantitative estimate of drug-likeness (QED) is 0.866. The second-order valence-electron chi connectivity index (χ2n) is 5.60. The van der Waals surface area contributed by atoms with Crippen LogP contribution in [0.15, 0.2) is 12.1 Å². The van der Waals surface area contributed by atoms with Crippen molar-refractivity contribution >= 4 is 17.6 Å². The minimum absolute atomic E-state index is 0.0134. The van der Waals surface area contributed by atoms with Crippen LogP contribution >= 0.6 is 11.6 Å². The lowest BCUT2D eigenvalue weighted by Crippen LogP contribution is -2.22. The summed E-state index contributed by atoms with van der Waals surface area (Å²) in [5, 5.41) is 9.49. The Labute approximate surface area is 124 Å². The lowest BCUT2D eigenvalue weighted by atomic mass is 9.81. The Kier molecular flexibility index (Phi) is 5.28. The standard InChI is InChI=1S/C15H21ClO4/c1-9(2)20-13-6-10(11(16)7-12(13)19-5)15(3,4)8-14(17)18/h6-7,9H,8H2,1-5H3,(H,17,18). The molecule has 0 unspecified atom stereocenters. The van der Waals surface area contributed by atoms with Crippen LogP contribution in [0.25, 0.3) is 0 Å². The summed E-state index contributed by atoms with van der Waals surface area (Å²) < 4.78 is 11.0. The van der Waals surface area contributed by atoms with Gasteiger partial charge in [-0.05, 0) is 25.5 Å². The molecule has 112 valence electrons. The van der Waals surface area contributed by atoms with E-state index in [9.17, 15) is 4.79 Å². The van der Waals surface area contributed by atoms with E-state index in [1.165, 1.54) is 0 Å². The summed E-state index contributed by atoms with van der Waals surface area (Å²) in [6, 6.07) is 3.43. The maximum Gasteiger partial charge on any atom is 0.304 e. The molecule has 5 heteroatoms. The Morgan fingerprint density at radius 3 is 2.40 bits per heavy atom. The van der Waals surface area contributed by atoms with E-state index >= 15 is 0 Å². The topological polar surface area (TPSA) is 55.8 Å². The predicted molar refractivity (Wildman–Crippen MR) is 79.0 cm³/mol. The van der Waals surface area contributed by atoms with Crippen LogP contribution in [0.1, 0.15) is 39.7 Å². The zero-order valence-corrected chi connectivity index (χ0v) is 13.2. The largest absolute Gasteiger partial charge is 0.493 e. The molecule has 0 spiro atoms. The molecule has 0 amide bonds. The third kappa shape index (κ3) is 4.04. The van der Waals surface area contributed by atoms with Crippen LogP contribution in [0, 0.1) is 0 Å². The number of halogens is 1. The Hall–Kier alpha value is -1.42. The molecule has 0 saturated heterocycles. The number of methoxy groups -OCH3 is 1. The number of hydrogen-bond donors (Lipinski definition) is 1. The zero-order chi connectivity index (χ0) is 15.5. The van der Waals surface area contributed by atoms with Gasteiger partial charge in [0.15, 0.2) is 11.5 Å². The van der Waals surface area contributed by atoms with Crippen molar-refractivity contribution in [3.63, 3.8) is 0 Å². The van der Waals surface area contributed by atoms with Gasteiger partial charge in [-0.3, -0.25) is 4.79 Å². The van der Waals surface area contributed by atoms with E-state index in [0.29, 0.717) is 16.5 Å². The summed E-state index contributed by atoms with van der Waals surface area (Å²) in [5.74, 6) is 0.243. The van der Waals surface area contributed by atoms with Gasteiger partial charge in [-0.1, -0.05) is 25.4 Å². The maximum absolute atomic E-state index is 11.0. The number of carbonyl (C=O) groups is 1. The fraction of sp³-hybridized carbons (Fsp3) is 0.533. The highest BCUT2D eigenvalue weighted by Gasteiger charge is 2.28. The van der Waals surface area contributed by atoms with Crippen LogP contribution in [0.3, 0.4) is 0 Å². The molecule has 0 atom stereocenters. The summed E-state index contributed by atoms with van der Waals surface area (Å²) in [4.78, 5) is 11.0. The van der Waals surface area contributed by atoms with Gasteiger partial charge in [0.2, 0.25) is 0 Å². The second-order valence-corrected chi connectivity index (χ2v) is 6.01. The van der Waals surface area contributed by atoms with Gasteiger partial charge in [0.1, 0.15) is 0 Å². The maximum atomic E-state index is 11.0. The van der Waals surface area contributed by atoms with Gasteiger partial charge in [0.05, 0.1) is 19.6 Å². The number of hydrogen-bond acceptors (Lipinski definition) is 3. The minimum Gasteiger partial charge on any atom is -0.493 e. The molecule has 0 aliphatic heterocycles. The van der Waals surface area contributed by atoms with Crippen molar-refractivity contribution < 1.29 is 19.4 Å². The van der Waals surface area contributed by atoms with Crippen molar-refractivity contribution in [1.82, 2.24) is 0 Å². The molecule has 20 heavy (non-hydrogen) atoms. The number of carboxylic acids is 1. The molecular weight excluding hydrogens is 280 g/mol. The summed E-state index contributed by atoms with van der Waals surface area (Å²) in [6.07, 6.45) is -0.0271. The molecule has 0 radical (unpaired) electrons. The molecule has 1 aromatic rings. The van der Waals surface area contributed by atoms with Crippen LogP contribution in [-0.2, 0) is 10.2 Å². The lowest BCUT2D eigenvalue weighted by molar-refractivity contribution is -0.138. The average Bonchev–Trinajstić information content (AvgIpc) is 2.28. The molecule has 1 aromatic carbocycles. The van der Waals surface area contributed by atoms with E-state index in [2.05, 4.69) is 0 Å². The molecule has 0 heterocycles. The van der Waals surface area contributed by atoms with Crippen molar-refractivity contribution in [3.05, 3.63) is 22.7 Å². The zero-order valence-electron chi connectivity index (χ0n) is 12.5. The first-order valence-corrected chi connectivity index (χ1v) is 6.81. The van der Waals surface area contributed by atoms with Gasteiger partial charge in [0, 0.05) is 16.5 Å². The van der Waals surface area contributed by atoms with Gasteiger partial charge < -0.3 is 14.6 Å². The first-order valence-electron chi connectivity index (χ1n) is 6.44. The average molecular weight is 301 g/mol. The molecule has 1 rings (SSSR count). The van der Waals surface area contributed by atoms with Gasteiger partial charge in [-0.15, -0.1) is 0 Å². The smallest absolute Gasteiger partial charge is 0.304 e. The number of rotatable bonds is 6. The number of ether oxygens (including phenoxy) is 2. The highest BCUT2D eigenvalue weighted by atomic mass is 35.5. The van der Waals surface area contributed by atoms with E-state index in [1.54, 1.807) is 19.2 Å². The van der Waals surface area contributed by atoms with Crippen molar-refractivity contribution in [2.24, 2.45) is 0 Å². The third-order valence-electron chi connectivity index (χ3n) is 2.94. The van der Waals surface area contributed by atoms with Crippen LogP contribution in [0.2, 0.25) is 5.02 Å². The number of aliphatic carboxylic acids is 1. The molecule has 0 aromatic heterocycles. The molecular formula is C15H21ClO4. The summed E-state index contributed by atoms with van der Waals surface area (Å²) in [7, 11) is 1.54. The van der Waals surface area contributed by atoms with Crippen molar-refractivity contribution in [1.29, 1.82) is 0 Å². The Morgan fingerprint density at radius 2 is 1.95 bits per heavy atom. The van der Waals surface area contributed by atoms with Crippen LogP contribution in [0.4, 0.5) is 0 Å². The van der Waals surface area contributed by atoms with Crippen LogP contribution in [0.5, 0.6) is 11.5 Å². The van der Waals surface area contributed by atoms with Crippen molar-refractivity contribution in [2.45, 2.75) is 45.6 Å².